The maximum absolute atomic E-state index is 13.6. The molecule has 6 nitrogen and oxygen atoms in total. The molecule has 4 rings (SSSR count). The van der Waals surface area contributed by atoms with Gasteiger partial charge in [0.1, 0.15) is 35.8 Å². The van der Waals surface area contributed by atoms with Gasteiger partial charge in [-0.05, 0) is 30.3 Å². The Morgan fingerprint density at radius 3 is 2.85 bits per heavy atom. The fourth-order valence-electron chi connectivity index (χ4n) is 2.47. The predicted molar refractivity (Wildman–Crippen MR) is 94.1 cm³/mol. The Hall–Kier alpha value is -3.37. The van der Waals surface area contributed by atoms with Crippen LogP contribution in [0.5, 0.6) is 17.2 Å². The van der Waals surface area contributed by atoms with Crippen LogP contribution in [-0.2, 0) is 4.74 Å². The third kappa shape index (κ3) is 3.23. The zero-order valence-corrected chi connectivity index (χ0v) is 13.6. The lowest BCUT2D eigenvalue weighted by molar-refractivity contribution is 0.264. The number of ether oxygens (including phenoxy) is 3. The average molecular weight is 351 g/mol. The van der Waals surface area contributed by atoms with Crippen LogP contribution in [0, 0.1) is 12.4 Å². The predicted octanol–water partition coefficient (Wildman–Crippen LogP) is 4.08. The van der Waals surface area contributed by atoms with Crippen LogP contribution in [0.15, 0.2) is 42.6 Å². The second-order valence-corrected chi connectivity index (χ2v) is 5.81. The van der Waals surface area contributed by atoms with Gasteiger partial charge in [-0.3, -0.25) is 4.98 Å². The summed E-state index contributed by atoms with van der Waals surface area (Å²) >= 11 is 0. The highest BCUT2D eigenvalue weighted by atomic mass is 19.1. The van der Waals surface area contributed by atoms with E-state index >= 15 is 0 Å². The van der Waals surface area contributed by atoms with Crippen LogP contribution in [0.2, 0.25) is 0 Å². The molecule has 0 bridgehead atoms. The van der Waals surface area contributed by atoms with E-state index in [0.717, 1.165) is 0 Å². The summed E-state index contributed by atoms with van der Waals surface area (Å²) in [6, 6.07) is 9.23. The van der Waals surface area contributed by atoms with Gasteiger partial charge in [0.25, 0.3) is 0 Å². The number of halogens is 1. The molecule has 0 spiro atoms. The van der Waals surface area contributed by atoms with E-state index in [4.69, 9.17) is 26.5 Å². The first kappa shape index (κ1) is 16.1. The number of nitrogens with two attached hydrogens (primary N) is 1. The Balaban J connectivity index is 1.70. The molecule has 1 atom stereocenters. The van der Waals surface area contributed by atoms with Crippen molar-refractivity contribution in [2.24, 2.45) is 0 Å². The van der Waals surface area contributed by atoms with E-state index in [-0.39, 0.29) is 11.8 Å². The van der Waals surface area contributed by atoms with Crippen LogP contribution in [0.4, 0.5) is 15.8 Å². The van der Waals surface area contributed by atoms with Crippen LogP contribution in [0.1, 0.15) is 0 Å². The maximum Gasteiger partial charge on any atom is 0.229 e. The minimum atomic E-state index is -0.555. The molecule has 0 saturated carbocycles. The average Bonchev–Trinajstić information content (AvgIpc) is 3.47. The molecule has 1 fully saturated rings. The summed E-state index contributed by atoms with van der Waals surface area (Å²) in [6.45, 7) is 8.47. The molecule has 0 aliphatic carbocycles. The van der Waals surface area contributed by atoms with Crippen molar-refractivity contribution in [3.05, 3.63) is 59.8 Å². The van der Waals surface area contributed by atoms with Crippen molar-refractivity contribution >= 4 is 22.3 Å². The summed E-state index contributed by atoms with van der Waals surface area (Å²) in [4.78, 5) is 7.82. The van der Waals surface area contributed by atoms with Crippen molar-refractivity contribution in [2.75, 3.05) is 18.9 Å². The SMILES string of the molecule is [C-]#[N+]c1cc2c(Oc3ccc(N)c(F)c3)ccnc2cc1OC[C@H]1CO1. The number of anilines is 1. The molecular weight excluding hydrogens is 337 g/mol. The van der Waals surface area contributed by atoms with E-state index in [1.54, 1.807) is 30.5 Å². The first-order valence-corrected chi connectivity index (χ1v) is 7.91. The lowest BCUT2D eigenvalue weighted by Gasteiger charge is -2.12. The maximum atomic E-state index is 13.6. The molecule has 2 N–H and O–H groups in total. The number of nitrogens with zero attached hydrogens (tertiary/aromatic N) is 2. The molecule has 130 valence electrons. The standard InChI is InChI=1S/C19H14FN3O3/c1-22-17-7-13-16(8-19(17)25-10-12-9-24-12)23-5-4-18(13)26-11-2-3-15(21)14(20)6-11/h2-8,12H,9-10,21H2/t12-/m1/s1. The molecule has 0 radical (unpaired) electrons. The first-order valence-electron chi connectivity index (χ1n) is 7.91. The van der Waals surface area contributed by atoms with Crippen molar-refractivity contribution in [3.8, 4) is 17.2 Å². The van der Waals surface area contributed by atoms with E-state index in [1.165, 1.54) is 12.1 Å². The molecule has 7 heteroatoms. The van der Waals surface area contributed by atoms with Crippen LogP contribution >= 0.6 is 0 Å². The van der Waals surface area contributed by atoms with E-state index in [0.29, 0.717) is 47.1 Å². The molecule has 0 amide bonds. The summed E-state index contributed by atoms with van der Waals surface area (Å²) in [5, 5.41) is 0.630. The van der Waals surface area contributed by atoms with Gasteiger partial charge in [-0.2, -0.15) is 0 Å². The van der Waals surface area contributed by atoms with E-state index in [9.17, 15) is 4.39 Å². The number of hydrogen-bond donors (Lipinski definition) is 1. The lowest BCUT2D eigenvalue weighted by Crippen LogP contribution is -2.04. The molecule has 26 heavy (non-hydrogen) atoms. The van der Waals surface area contributed by atoms with Gasteiger partial charge in [0, 0.05) is 17.6 Å². The highest BCUT2D eigenvalue weighted by molar-refractivity contribution is 5.91. The number of aromatic nitrogens is 1. The molecule has 2 heterocycles. The lowest BCUT2D eigenvalue weighted by atomic mass is 10.1. The zero-order valence-electron chi connectivity index (χ0n) is 13.6. The second-order valence-electron chi connectivity index (χ2n) is 5.81. The fraction of sp³-hybridized carbons (Fsp3) is 0.158. The van der Waals surface area contributed by atoms with Crippen LogP contribution < -0.4 is 15.2 Å². The van der Waals surface area contributed by atoms with Gasteiger partial charge in [-0.15, -0.1) is 0 Å². The minimum absolute atomic E-state index is 0.0497. The van der Waals surface area contributed by atoms with Crippen LogP contribution in [0.3, 0.4) is 0 Å². The Morgan fingerprint density at radius 2 is 2.12 bits per heavy atom. The van der Waals surface area contributed by atoms with Gasteiger partial charge < -0.3 is 19.9 Å². The van der Waals surface area contributed by atoms with Crippen molar-refractivity contribution < 1.29 is 18.6 Å². The monoisotopic (exact) mass is 351 g/mol. The molecule has 1 aromatic heterocycles. The van der Waals surface area contributed by atoms with Gasteiger partial charge in [0.05, 0.1) is 24.4 Å². The number of hydrogen-bond acceptors (Lipinski definition) is 5. The van der Waals surface area contributed by atoms with Gasteiger partial charge >= 0.3 is 0 Å². The molecule has 2 aromatic carbocycles. The summed E-state index contributed by atoms with van der Waals surface area (Å²) in [6.07, 6.45) is 1.67. The third-order valence-corrected chi connectivity index (χ3v) is 3.93. The normalized spacial score (nSPS) is 15.5. The number of fused-ring (bicyclic) bond motifs is 1. The Morgan fingerprint density at radius 1 is 1.27 bits per heavy atom. The fourth-order valence-corrected chi connectivity index (χ4v) is 2.47. The van der Waals surface area contributed by atoms with Gasteiger partial charge in [0.15, 0.2) is 0 Å². The van der Waals surface area contributed by atoms with Gasteiger partial charge in [-0.1, -0.05) is 0 Å². The highest BCUT2D eigenvalue weighted by Gasteiger charge is 2.24. The Labute approximate surface area is 148 Å². The van der Waals surface area contributed by atoms with Crippen molar-refractivity contribution in [3.63, 3.8) is 0 Å². The van der Waals surface area contributed by atoms with Crippen molar-refractivity contribution in [1.29, 1.82) is 0 Å². The smallest absolute Gasteiger partial charge is 0.229 e. The Bertz CT molecular complexity index is 1030. The van der Waals surface area contributed by atoms with E-state index in [1.807, 2.05) is 0 Å². The topological polar surface area (TPSA) is 74.3 Å². The van der Waals surface area contributed by atoms with Crippen LogP contribution in [0.25, 0.3) is 15.7 Å². The summed E-state index contributed by atoms with van der Waals surface area (Å²) in [7, 11) is 0. The molecule has 1 aliphatic heterocycles. The molecule has 0 unspecified atom stereocenters. The number of epoxide rings is 1. The summed E-state index contributed by atoms with van der Waals surface area (Å²) in [5.74, 6) is 0.660. The van der Waals surface area contributed by atoms with Crippen molar-refractivity contribution in [1.82, 2.24) is 4.98 Å². The van der Waals surface area contributed by atoms with E-state index < -0.39 is 5.82 Å². The first-order chi connectivity index (χ1) is 12.6. The molecular formula is C19H14FN3O3. The number of pyridine rings is 1. The number of benzene rings is 2. The highest BCUT2D eigenvalue weighted by Crippen LogP contribution is 2.37. The van der Waals surface area contributed by atoms with Crippen molar-refractivity contribution in [2.45, 2.75) is 6.10 Å². The minimum Gasteiger partial charge on any atom is -0.502 e. The zero-order chi connectivity index (χ0) is 18.1. The van der Waals surface area contributed by atoms with E-state index in [2.05, 4.69) is 9.83 Å². The number of nitrogen functional groups attached to an aromatic ring is 1. The molecule has 1 aliphatic rings. The quantitative estimate of drug-likeness (QED) is 0.426. The Kier molecular flexibility index (Phi) is 4.03. The van der Waals surface area contributed by atoms with Gasteiger partial charge in [0.2, 0.25) is 5.69 Å². The molecule has 3 aromatic rings. The summed E-state index contributed by atoms with van der Waals surface area (Å²) in [5.41, 5.74) is 6.49. The van der Waals surface area contributed by atoms with Crippen LogP contribution in [-0.4, -0.2) is 24.3 Å². The van der Waals surface area contributed by atoms with Gasteiger partial charge in [-0.25, -0.2) is 9.24 Å². The molecule has 1 saturated heterocycles. The number of rotatable bonds is 5. The largest absolute Gasteiger partial charge is 0.502 e. The third-order valence-electron chi connectivity index (χ3n) is 3.93. The summed E-state index contributed by atoms with van der Waals surface area (Å²) < 4.78 is 30.2. The second kappa shape index (κ2) is 6.50.